The molecule has 21 heavy (non-hydrogen) atoms. The van der Waals surface area contributed by atoms with E-state index >= 15 is 0 Å². The maximum Gasteiger partial charge on any atom is 2.00 e. The number of aliphatic carboxylic acids is 2. The Morgan fingerprint density at radius 2 is 1.10 bits per heavy atom. The molecule has 0 aromatic carbocycles. The average Bonchev–Trinajstić information content (AvgIpc) is 2.39. The molecule has 6 nitrogen and oxygen atoms in total. The topological polar surface area (TPSA) is 121 Å². The molecule has 0 aromatic heterocycles. The minimum atomic E-state index is -1.17. The molecule has 2 N–H and O–H groups in total. The van der Waals surface area contributed by atoms with E-state index in [2.05, 4.69) is 0 Å². The molecule has 120 valence electrons. The molecular weight excluding hydrogens is 304 g/mol. The van der Waals surface area contributed by atoms with E-state index in [1.165, 1.54) is 13.8 Å². The van der Waals surface area contributed by atoms with Crippen LogP contribution in [0, 0.1) is 10.8 Å². The van der Waals surface area contributed by atoms with Crippen molar-refractivity contribution < 1.29 is 30.0 Å². The number of carboxylic acids is 2. The number of carbonyl (C=O) groups is 2. The maximum absolute atomic E-state index is 10.4. The van der Waals surface area contributed by atoms with Gasteiger partial charge in [-0.2, -0.15) is 0 Å². The maximum atomic E-state index is 10.4. The van der Waals surface area contributed by atoms with E-state index in [1.807, 2.05) is 13.8 Å². The Bertz CT molecular complexity index is 280. The van der Waals surface area contributed by atoms with E-state index in [0.717, 1.165) is 12.8 Å². The summed E-state index contributed by atoms with van der Waals surface area (Å²) >= 11 is 0. The van der Waals surface area contributed by atoms with Crippen LogP contribution in [0.15, 0.2) is 0 Å². The molecule has 0 bridgehead atoms. The van der Waals surface area contributed by atoms with E-state index in [1.54, 1.807) is 0 Å². The van der Waals surface area contributed by atoms with Gasteiger partial charge in [0.2, 0.25) is 0 Å². The van der Waals surface area contributed by atoms with Crippen molar-refractivity contribution in [1.82, 2.24) is 0 Å². The number of hydrogen-bond donors (Lipinski definition) is 2. The van der Waals surface area contributed by atoms with Crippen LogP contribution in [0.4, 0.5) is 0 Å². The third-order valence-corrected chi connectivity index (χ3v) is 3.29. The van der Waals surface area contributed by atoms with Gasteiger partial charge in [-0.25, -0.2) is 0 Å². The Morgan fingerprint density at radius 1 is 0.857 bits per heavy atom. The van der Waals surface area contributed by atoms with Crippen LogP contribution in [0.3, 0.4) is 0 Å². The first-order valence-electron chi connectivity index (χ1n) is 6.78. The van der Waals surface area contributed by atoms with Crippen LogP contribution in [-0.2, 0) is 9.59 Å². The Labute approximate surface area is 156 Å². The smallest absolute Gasteiger partial charge is 0.549 e. The van der Waals surface area contributed by atoms with Crippen molar-refractivity contribution in [2.45, 2.75) is 53.4 Å². The summed E-state index contributed by atoms with van der Waals surface area (Å²) in [4.78, 5) is 20.7. The number of aliphatic hydroxyl groups excluding tert-OH is 2. The number of aliphatic hydroxyl groups is 2. The van der Waals surface area contributed by atoms with Gasteiger partial charge in [0.05, 0.1) is 13.2 Å². The molecule has 2 atom stereocenters. The molecule has 0 radical (unpaired) electrons. The summed E-state index contributed by atoms with van der Waals surface area (Å²) in [5.74, 6) is -2.34. The van der Waals surface area contributed by atoms with Gasteiger partial charge in [-0.1, -0.05) is 40.5 Å². The number of carboxylic acid groups (broad SMARTS) is 2. The van der Waals surface area contributed by atoms with E-state index in [4.69, 9.17) is 10.2 Å². The minimum Gasteiger partial charge on any atom is -0.549 e. The van der Waals surface area contributed by atoms with Gasteiger partial charge in [0.1, 0.15) is 0 Å². The van der Waals surface area contributed by atoms with Crippen molar-refractivity contribution in [3.8, 4) is 0 Å². The summed E-state index contributed by atoms with van der Waals surface area (Å²) in [7, 11) is 0. The Kier molecular flexibility index (Phi) is 15.7. The summed E-state index contributed by atoms with van der Waals surface area (Å²) in [6, 6.07) is 0. The van der Waals surface area contributed by atoms with Crippen LogP contribution in [0.5, 0.6) is 0 Å². The quantitative estimate of drug-likeness (QED) is 0.533. The summed E-state index contributed by atoms with van der Waals surface area (Å²) in [6.45, 7) is 6.04. The van der Waals surface area contributed by atoms with E-state index in [0.29, 0.717) is 12.8 Å². The number of rotatable bonds is 8. The molecule has 0 amide bonds. The van der Waals surface area contributed by atoms with Gasteiger partial charge in [-0.05, 0) is 12.8 Å². The second kappa shape index (κ2) is 12.6. The van der Waals surface area contributed by atoms with Crippen molar-refractivity contribution in [1.29, 1.82) is 0 Å². The Hall–Kier alpha value is 0.120. The Morgan fingerprint density at radius 3 is 1.14 bits per heavy atom. The molecular formula is C14H26CaO6. The van der Waals surface area contributed by atoms with Crippen LogP contribution < -0.4 is 10.2 Å². The van der Waals surface area contributed by atoms with Crippen molar-refractivity contribution in [2.24, 2.45) is 10.8 Å². The predicted molar refractivity (Wildman–Crippen MR) is 76.0 cm³/mol. The Balaban J connectivity index is -0.000000295. The van der Waals surface area contributed by atoms with Crippen LogP contribution in [0.2, 0.25) is 0 Å². The van der Waals surface area contributed by atoms with E-state index < -0.39 is 22.8 Å². The molecule has 2 unspecified atom stereocenters. The molecule has 7 heteroatoms. The molecule has 0 aliphatic carbocycles. The van der Waals surface area contributed by atoms with Gasteiger partial charge in [-0.3, -0.25) is 0 Å². The van der Waals surface area contributed by atoms with Gasteiger partial charge in [0.25, 0.3) is 0 Å². The summed E-state index contributed by atoms with van der Waals surface area (Å²) in [5, 5.41) is 38.1. The average molecular weight is 330 g/mol. The molecule has 0 saturated carbocycles. The van der Waals surface area contributed by atoms with Crippen molar-refractivity contribution >= 4 is 49.7 Å². The van der Waals surface area contributed by atoms with E-state index in [-0.39, 0.29) is 51.0 Å². The van der Waals surface area contributed by atoms with Crippen molar-refractivity contribution in [3.63, 3.8) is 0 Å². The normalized spacial score (nSPS) is 15.5. The zero-order valence-corrected chi connectivity index (χ0v) is 15.7. The fourth-order valence-electron chi connectivity index (χ4n) is 1.59. The molecule has 0 fully saturated rings. The SMILES string of the molecule is CCCC(C)(CO)C(=O)[O-].CCCC(C)(CO)C(=O)[O-].[Ca+2]. The number of hydrogen-bond acceptors (Lipinski definition) is 6. The third-order valence-electron chi connectivity index (χ3n) is 3.29. The van der Waals surface area contributed by atoms with Crippen molar-refractivity contribution in [3.05, 3.63) is 0 Å². The molecule has 0 spiro atoms. The fourth-order valence-corrected chi connectivity index (χ4v) is 1.59. The zero-order valence-electron chi connectivity index (χ0n) is 13.5. The van der Waals surface area contributed by atoms with Gasteiger partial charge < -0.3 is 30.0 Å². The first kappa shape index (κ1) is 26.0. The second-order valence-electron chi connectivity index (χ2n) is 5.51. The summed E-state index contributed by atoms with van der Waals surface area (Å²) < 4.78 is 0. The monoisotopic (exact) mass is 330 g/mol. The summed E-state index contributed by atoms with van der Waals surface area (Å²) in [5.41, 5.74) is -2.09. The molecule has 0 aliphatic rings. The standard InChI is InChI=1S/2C7H14O3.Ca/c2*1-3-4-7(2,5-8)6(9)10;/h2*8H,3-5H2,1-2H3,(H,9,10);/q;;+2/p-2. The van der Waals surface area contributed by atoms with Gasteiger partial charge in [-0.15, -0.1) is 0 Å². The second-order valence-corrected chi connectivity index (χ2v) is 5.51. The molecule has 0 aliphatic heterocycles. The first-order chi connectivity index (χ1) is 9.13. The van der Waals surface area contributed by atoms with Crippen molar-refractivity contribution in [2.75, 3.05) is 13.2 Å². The van der Waals surface area contributed by atoms with Gasteiger partial charge in [0.15, 0.2) is 0 Å². The van der Waals surface area contributed by atoms with Crippen LogP contribution >= 0.6 is 0 Å². The summed E-state index contributed by atoms with van der Waals surface area (Å²) in [6.07, 6.45) is 2.41. The predicted octanol–water partition coefficient (Wildman–Crippen LogP) is -1.31. The first-order valence-corrected chi connectivity index (χ1v) is 6.78. The molecule has 0 rings (SSSR count). The third kappa shape index (κ3) is 9.68. The van der Waals surface area contributed by atoms with Gasteiger partial charge >= 0.3 is 37.7 Å². The van der Waals surface area contributed by atoms with E-state index in [9.17, 15) is 19.8 Å². The van der Waals surface area contributed by atoms with Gasteiger partial charge in [0, 0.05) is 22.8 Å². The molecule has 0 aromatic rings. The van der Waals surface area contributed by atoms with Crippen LogP contribution in [0.1, 0.15) is 53.4 Å². The molecule has 0 heterocycles. The fraction of sp³-hybridized carbons (Fsp3) is 0.857. The largest absolute Gasteiger partial charge is 2.00 e. The number of carbonyl (C=O) groups excluding carboxylic acids is 2. The molecule has 0 saturated heterocycles. The van der Waals surface area contributed by atoms with Crippen LogP contribution in [0.25, 0.3) is 0 Å². The van der Waals surface area contributed by atoms with Crippen LogP contribution in [-0.4, -0.2) is 73.1 Å². The zero-order chi connectivity index (χ0) is 16.4. The minimum absolute atomic E-state index is 0.